The van der Waals surface area contributed by atoms with Crippen molar-refractivity contribution in [1.29, 1.82) is 0 Å². The second-order valence-electron chi connectivity index (χ2n) is 6.48. The summed E-state index contributed by atoms with van der Waals surface area (Å²) in [5, 5.41) is 3.50. The SMILES string of the molecule is Cc1cc(N(C)CCOC(C)C)ccc1CNCC(C)C. The van der Waals surface area contributed by atoms with Crippen molar-refractivity contribution in [2.75, 3.05) is 31.6 Å². The van der Waals surface area contributed by atoms with Gasteiger partial charge in [-0.15, -0.1) is 0 Å². The van der Waals surface area contributed by atoms with Crippen LogP contribution in [0.1, 0.15) is 38.8 Å². The first-order chi connectivity index (χ1) is 9.90. The van der Waals surface area contributed by atoms with Gasteiger partial charge in [0.15, 0.2) is 0 Å². The van der Waals surface area contributed by atoms with Gasteiger partial charge >= 0.3 is 0 Å². The third kappa shape index (κ3) is 6.96. The van der Waals surface area contributed by atoms with E-state index in [2.05, 4.69) is 70.1 Å². The average molecular weight is 292 g/mol. The maximum Gasteiger partial charge on any atom is 0.0644 e. The van der Waals surface area contributed by atoms with Crippen LogP contribution in [0.5, 0.6) is 0 Å². The van der Waals surface area contributed by atoms with Gasteiger partial charge < -0.3 is 15.0 Å². The standard InChI is InChI=1S/C18H32N2O/c1-14(2)12-19-13-17-7-8-18(11-16(17)5)20(6)9-10-21-15(3)4/h7-8,11,14-15,19H,9-10,12-13H2,1-6H3. The summed E-state index contributed by atoms with van der Waals surface area (Å²) in [6, 6.07) is 6.70. The lowest BCUT2D eigenvalue weighted by molar-refractivity contribution is 0.0846. The van der Waals surface area contributed by atoms with Gasteiger partial charge in [-0.05, 0) is 56.5 Å². The van der Waals surface area contributed by atoms with Gasteiger partial charge in [0, 0.05) is 25.8 Å². The zero-order valence-corrected chi connectivity index (χ0v) is 14.6. The molecule has 0 bridgehead atoms. The molecule has 0 aliphatic rings. The maximum atomic E-state index is 5.61. The molecule has 0 saturated heterocycles. The molecule has 1 N–H and O–H groups in total. The average Bonchev–Trinajstić information content (AvgIpc) is 2.39. The predicted octanol–water partition coefficient (Wildman–Crippen LogP) is 3.60. The Balaban J connectivity index is 2.52. The second-order valence-corrected chi connectivity index (χ2v) is 6.48. The number of aryl methyl sites for hydroxylation is 1. The first kappa shape index (κ1) is 18.0. The van der Waals surface area contributed by atoms with Crippen LogP contribution in [0.3, 0.4) is 0 Å². The molecule has 120 valence electrons. The highest BCUT2D eigenvalue weighted by molar-refractivity contribution is 5.50. The van der Waals surface area contributed by atoms with E-state index in [1.54, 1.807) is 0 Å². The Morgan fingerprint density at radius 3 is 2.48 bits per heavy atom. The Bertz CT molecular complexity index is 416. The molecule has 1 aromatic carbocycles. The van der Waals surface area contributed by atoms with Crippen molar-refractivity contribution in [3.8, 4) is 0 Å². The number of nitrogens with zero attached hydrogens (tertiary/aromatic N) is 1. The van der Waals surface area contributed by atoms with E-state index in [4.69, 9.17) is 4.74 Å². The molecule has 0 spiro atoms. The minimum atomic E-state index is 0.301. The molecular formula is C18H32N2O. The number of nitrogens with one attached hydrogen (secondary N) is 1. The van der Waals surface area contributed by atoms with Crippen molar-refractivity contribution in [3.63, 3.8) is 0 Å². The lowest BCUT2D eigenvalue weighted by atomic mass is 10.1. The van der Waals surface area contributed by atoms with Gasteiger partial charge in [-0.25, -0.2) is 0 Å². The van der Waals surface area contributed by atoms with Crippen LogP contribution in [-0.2, 0) is 11.3 Å². The first-order valence-corrected chi connectivity index (χ1v) is 8.03. The number of hydrogen-bond acceptors (Lipinski definition) is 3. The molecule has 1 aromatic rings. The predicted molar refractivity (Wildman–Crippen MR) is 92.1 cm³/mol. The molecule has 0 fully saturated rings. The van der Waals surface area contributed by atoms with E-state index in [1.807, 2.05) is 0 Å². The van der Waals surface area contributed by atoms with Crippen LogP contribution >= 0.6 is 0 Å². The summed E-state index contributed by atoms with van der Waals surface area (Å²) in [5.41, 5.74) is 3.99. The van der Waals surface area contributed by atoms with Crippen molar-refractivity contribution in [2.24, 2.45) is 5.92 Å². The molecule has 0 radical (unpaired) electrons. The summed E-state index contributed by atoms with van der Waals surface area (Å²) in [6.07, 6.45) is 0.301. The van der Waals surface area contributed by atoms with Crippen LogP contribution in [-0.4, -0.2) is 32.8 Å². The number of anilines is 1. The Morgan fingerprint density at radius 2 is 1.90 bits per heavy atom. The number of hydrogen-bond donors (Lipinski definition) is 1. The minimum Gasteiger partial charge on any atom is -0.377 e. The monoisotopic (exact) mass is 292 g/mol. The van der Waals surface area contributed by atoms with Crippen molar-refractivity contribution in [3.05, 3.63) is 29.3 Å². The molecule has 0 aliphatic carbocycles. The fourth-order valence-electron chi connectivity index (χ4n) is 2.17. The summed E-state index contributed by atoms with van der Waals surface area (Å²) < 4.78 is 5.61. The van der Waals surface area contributed by atoms with Gasteiger partial charge in [0.1, 0.15) is 0 Å². The molecule has 21 heavy (non-hydrogen) atoms. The molecular weight excluding hydrogens is 260 g/mol. The van der Waals surface area contributed by atoms with E-state index in [9.17, 15) is 0 Å². The highest BCUT2D eigenvalue weighted by Crippen LogP contribution is 2.18. The largest absolute Gasteiger partial charge is 0.377 e. The van der Waals surface area contributed by atoms with Gasteiger partial charge in [0.05, 0.1) is 12.7 Å². The van der Waals surface area contributed by atoms with Crippen LogP contribution in [0.15, 0.2) is 18.2 Å². The molecule has 1 rings (SSSR count). The minimum absolute atomic E-state index is 0.301. The Kier molecular flexibility index (Phi) is 7.76. The molecule has 0 saturated carbocycles. The number of likely N-dealkylation sites (N-methyl/N-ethyl adjacent to an activating group) is 1. The highest BCUT2D eigenvalue weighted by Gasteiger charge is 2.05. The summed E-state index contributed by atoms with van der Waals surface area (Å²) in [5.74, 6) is 0.691. The molecule has 3 nitrogen and oxygen atoms in total. The number of ether oxygens (including phenoxy) is 1. The second kappa shape index (κ2) is 9.06. The van der Waals surface area contributed by atoms with E-state index < -0.39 is 0 Å². The van der Waals surface area contributed by atoms with Crippen LogP contribution in [0.4, 0.5) is 5.69 Å². The lowest BCUT2D eigenvalue weighted by Gasteiger charge is -2.21. The van der Waals surface area contributed by atoms with Gasteiger partial charge in [0.2, 0.25) is 0 Å². The smallest absolute Gasteiger partial charge is 0.0644 e. The van der Waals surface area contributed by atoms with E-state index in [1.165, 1.54) is 16.8 Å². The van der Waals surface area contributed by atoms with Crippen molar-refractivity contribution in [1.82, 2.24) is 5.32 Å². The van der Waals surface area contributed by atoms with Gasteiger partial charge in [-0.3, -0.25) is 0 Å². The van der Waals surface area contributed by atoms with Crippen molar-refractivity contribution in [2.45, 2.75) is 47.3 Å². The molecule has 3 heteroatoms. The third-order valence-corrected chi connectivity index (χ3v) is 3.51. The first-order valence-electron chi connectivity index (χ1n) is 8.03. The maximum absolute atomic E-state index is 5.61. The fourth-order valence-corrected chi connectivity index (χ4v) is 2.17. The summed E-state index contributed by atoms with van der Waals surface area (Å²) in [7, 11) is 2.12. The zero-order chi connectivity index (χ0) is 15.8. The fraction of sp³-hybridized carbons (Fsp3) is 0.667. The van der Waals surface area contributed by atoms with Crippen molar-refractivity contribution < 1.29 is 4.74 Å². The Hall–Kier alpha value is -1.06. The lowest BCUT2D eigenvalue weighted by Crippen LogP contribution is -2.24. The summed E-state index contributed by atoms with van der Waals surface area (Å²) in [6.45, 7) is 14.5. The zero-order valence-electron chi connectivity index (χ0n) is 14.6. The van der Waals surface area contributed by atoms with Crippen LogP contribution in [0, 0.1) is 12.8 Å². The summed E-state index contributed by atoms with van der Waals surface area (Å²) in [4.78, 5) is 2.25. The topological polar surface area (TPSA) is 24.5 Å². The van der Waals surface area contributed by atoms with E-state index in [0.29, 0.717) is 12.0 Å². The molecule has 0 atom stereocenters. The van der Waals surface area contributed by atoms with E-state index in [0.717, 1.165) is 26.2 Å². The van der Waals surface area contributed by atoms with E-state index >= 15 is 0 Å². The van der Waals surface area contributed by atoms with Crippen molar-refractivity contribution >= 4 is 5.69 Å². The number of rotatable bonds is 9. The van der Waals surface area contributed by atoms with E-state index in [-0.39, 0.29) is 0 Å². The quantitative estimate of drug-likeness (QED) is 0.752. The Labute approximate surface area is 130 Å². The molecule has 0 unspecified atom stereocenters. The molecule has 0 aliphatic heterocycles. The number of benzene rings is 1. The molecule has 0 aromatic heterocycles. The van der Waals surface area contributed by atoms with Gasteiger partial charge in [-0.1, -0.05) is 19.9 Å². The van der Waals surface area contributed by atoms with Crippen LogP contribution in [0.25, 0.3) is 0 Å². The normalized spacial score (nSPS) is 11.4. The Morgan fingerprint density at radius 1 is 1.19 bits per heavy atom. The third-order valence-electron chi connectivity index (χ3n) is 3.51. The molecule has 0 amide bonds. The highest BCUT2D eigenvalue weighted by atomic mass is 16.5. The van der Waals surface area contributed by atoms with Crippen LogP contribution < -0.4 is 10.2 Å². The van der Waals surface area contributed by atoms with Crippen LogP contribution in [0.2, 0.25) is 0 Å². The summed E-state index contributed by atoms with van der Waals surface area (Å²) >= 11 is 0. The van der Waals surface area contributed by atoms with Gasteiger partial charge in [-0.2, -0.15) is 0 Å². The molecule has 0 heterocycles. The van der Waals surface area contributed by atoms with Gasteiger partial charge in [0.25, 0.3) is 0 Å².